The van der Waals surface area contributed by atoms with Crippen molar-refractivity contribution in [3.05, 3.63) is 35.9 Å². The largest absolute Gasteiger partial charge is 0.448 e. The standard InChI is InChI=1S/C12H10O3/c1-2-6-12(14)15-9-11(13)10-7-4-3-5-8-10/h3-5,7-8H,9H2,1H3. The van der Waals surface area contributed by atoms with E-state index in [1.807, 2.05) is 6.07 Å². The average Bonchev–Trinajstić information content (AvgIpc) is 2.27. The Morgan fingerprint density at radius 2 is 1.93 bits per heavy atom. The van der Waals surface area contributed by atoms with E-state index in [2.05, 4.69) is 16.6 Å². The molecule has 76 valence electrons. The Bertz CT molecular complexity index is 409. The summed E-state index contributed by atoms with van der Waals surface area (Å²) in [5, 5.41) is 0. The van der Waals surface area contributed by atoms with E-state index >= 15 is 0 Å². The van der Waals surface area contributed by atoms with Crippen LogP contribution >= 0.6 is 0 Å². The van der Waals surface area contributed by atoms with Crippen molar-refractivity contribution in [1.82, 2.24) is 0 Å². The number of Topliss-reactive ketones (excluding diaryl/α,β-unsaturated/α-hetero) is 1. The zero-order valence-electron chi connectivity index (χ0n) is 8.32. The highest BCUT2D eigenvalue weighted by Crippen LogP contribution is 1.99. The molecular weight excluding hydrogens is 192 g/mol. The Kier molecular flexibility index (Phi) is 4.11. The Balaban J connectivity index is 2.50. The SMILES string of the molecule is CC#CC(=O)OCC(=O)c1ccccc1. The molecule has 15 heavy (non-hydrogen) atoms. The van der Waals surface area contributed by atoms with Crippen LogP contribution in [0.15, 0.2) is 30.3 Å². The second-order valence-corrected chi connectivity index (χ2v) is 2.74. The number of hydrogen-bond acceptors (Lipinski definition) is 3. The number of carbonyl (C=O) groups excluding carboxylic acids is 2. The van der Waals surface area contributed by atoms with Crippen LogP contribution in [0.3, 0.4) is 0 Å². The van der Waals surface area contributed by atoms with E-state index < -0.39 is 5.97 Å². The van der Waals surface area contributed by atoms with Crippen molar-refractivity contribution in [3.8, 4) is 11.8 Å². The number of carbonyl (C=O) groups is 2. The second-order valence-electron chi connectivity index (χ2n) is 2.74. The van der Waals surface area contributed by atoms with Gasteiger partial charge in [0.25, 0.3) is 0 Å². The summed E-state index contributed by atoms with van der Waals surface area (Å²) in [5.41, 5.74) is 0.523. The summed E-state index contributed by atoms with van der Waals surface area (Å²) in [5.74, 6) is 3.67. The molecule has 0 saturated heterocycles. The summed E-state index contributed by atoms with van der Waals surface area (Å²) >= 11 is 0. The maximum atomic E-state index is 11.4. The predicted molar refractivity (Wildman–Crippen MR) is 55.2 cm³/mol. The van der Waals surface area contributed by atoms with E-state index in [0.717, 1.165) is 0 Å². The summed E-state index contributed by atoms with van der Waals surface area (Å²) in [4.78, 5) is 22.3. The van der Waals surface area contributed by atoms with Gasteiger partial charge in [0, 0.05) is 11.5 Å². The molecule has 0 heterocycles. The maximum Gasteiger partial charge on any atom is 0.384 e. The molecular formula is C12H10O3. The lowest BCUT2D eigenvalue weighted by molar-refractivity contribution is -0.135. The first kappa shape index (κ1) is 11.0. The molecule has 1 aromatic rings. The van der Waals surface area contributed by atoms with Crippen LogP contribution in [0.4, 0.5) is 0 Å². The van der Waals surface area contributed by atoms with Gasteiger partial charge in [-0.3, -0.25) is 4.79 Å². The smallest absolute Gasteiger partial charge is 0.384 e. The van der Waals surface area contributed by atoms with Gasteiger partial charge in [-0.15, -0.1) is 0 Å². The molecule has 0 amide bonds. The van der Waals surface area contributed by atoms with Crippen LogP contribution in [0.2, 0.25) is 0 Å². The molecule has 0 bridgehead atoms. The van der Waals surface area contributed by atoms with Crippen molar-refractivity contribution in [2.45, 2.75) is 6.92 Å². The lowest BCUT2D eigenvalue weighted by Gasteiger charge is -1.99. The van der Waals surface area contributed by atoms with Gasteiger partial charge in [-0.1, -0.05) is 36.3 Å². The lowest BCUT2D eigenvalue weighted by atomic mass is 10.1. The molecule has 0 radical (unpaired) electrons. The number of hydrogen-bond donors (Lipinski definition) is 0. The van der Waals surface area contributed by atoms with Crippen molar-refractivity contribution in [2.24, 2.45) is 0 Å². The molecule has 0 atom stereocenters. The van der Waals surface area contributed by atoms with Gasteiger partial charge in [-0.25, -0.2) is 4.79 Å². The minimum absolute atomic E-state index is 0.234. The Labute approximate surface area is 88.1 Å². The topological polar surface area (TPSA) is 43.4 Å². The maximum absolute atomic E-state index is 11.4. The first-order chi connectivity index (χ1) is 7.24. The average molecular weight is 202 g/mol. The molecule has 0 fully saturated rings. The van der Waals surface area contributed by atoms with Crippen LogP contribution in [0.1, 0.15) is 17.3 Å². The molecule has 0 aromatic heterocycles. The zero-order chi connectivity index (χ0) is 11.1. The monoisotopic (exact) mass is 202 g/mol. The van der Waals surface area contributed by atoms with Gasteiger partial charge in [0.1, 0.15) is 0 Å². The zero-order valence-corrected chi connectivity index (χ0v) is 8.32. The van der Waals surface area contributed by atoms with Crippen molar-refractivity contribution in [3.63, 3.8) is 0 Å². The highest BCUT2D eigenvalue weighted by molar-refractivity contribution is 5.99. The molecule has 3 heteroatoms. The summed E-state index contributed by atoms with van der Waals surface area (Å²) < 4.78 is 4.64. The highest BCUT2D eigenvalue weighted by Gasteiger charge is 2.07. The van der Waals surface area contributed by atoms with Crippen LogP contribution in [0.5, 0.6) is 0 Å². The van der Waals surface area contributed by atoms with Gasteiger partial charge >= 0.3 is 5.97 Å². The highest BCUT2D eigenvalue weighted by atomic mass is 16.5. The Hall–Kier alpha value is -2.08. The second kappa shape index (κ2) is 5.61. The van der Waals surface area contributed by atoms with Gasteiger partial charge in [-0.05, 0) is 6.92 Å². The number of rotatable bonds is 3. The van der Waals surface area contributed by atoms with Gasteiger partial charge in [0.2, 0.25) is 0 Å². The molecule has 0 N–H and O–H groups in total. The van der Waals surface area contributed by atoms with E-state index in [1.54, 1.807) is 24.3 Å². The fourth-order valence-electron chi connectivity index (χ4n) is 0.977. The third-order valence-corrected chi connectivity index (χ3v) is 1.66. The van der Waals surface area contributed by atoms with Crippen LogP contribution in [-0.2, 0) is 9.53 Å². The van der Waals surface area contributed by atoms with Crippen LogP contribution in [0.25, 0.3) is 0 Å². The minimum atomic E-state index is -0.679. The fraction of sp³-hybridized carbons (Fsp3) is 0.167. The summed E-state index contributed by atoms with van der Waals surface area (Å²) in [7, 11) is 0. The molecule has 0 spiro atoms. The first-order valence-corrected chi connectivity index (χ1v) is 4.42. The molecule has 0 saturated carbocycles. The van der Waals surface area contributed by atoms with E-state index in [4.69, 9.17) is 0 Å². The van der Waals surface area contributed by atoms with Crippen LogP contribution in [0, 0.1) is 11.8 Å². The summed E-state index contributed by atoms with van der Waals surface area (Å²) in [6.45, 7) is 1.26. The quantitative estimate of drug-likeness (QED) is 0.322. The third kappa shape index (κ3) is 3.65. The van der Waals surface area contributed by atoms with Gasteiger partial charge < -0.3 is 4.74 Å². The molecule has 1 aromatic carbocycles. The molecule has 0 aliphatic rings. The minimum Gasteiger partial charge on any atom is -0.448 e. The van der Waals surface area contributed by atoms with E-state index in [1.165, 1.54) is 6.92 Å². The van der Waals surface area contributed by atoms with Crippen molar-refractivity contribution in [2.75, 3.05) is 6.61 Å². The lowest BCUT2D eigenvalue weighted by Crippen LogP contribution is -2.12. The Morgan fingerprint density at radius 3 is 2.53 bits per heavy atom. The third-order valence-electron chi connectivity index (χ3n) is 1.66. The Morgan fingerprint density at radius 1 is 1.27 bits per heavy atom. The number of ether oxygens (including phenoxy) is 1. The van der Waals surface area contributed by atoms with Gasteiger partial charge in [0.05, 0.1) is 0 Å². The van der Waals surface area contributed by atoms with Gasteiger partial charge in [-0.2, -0.15) is 0 Å². The van der Waals surface area contributed by atoms with Crippen molar-refractivity contribution in [1.29, 1.82) is 0 Å². The molecule has 0 aliphatic heterocycles. The van der Waals surface area contributed by atoms with E-state index in [0.29, 0.717) is 5.56 Å². The summed E-state index contributed by atoms with van der Waals surface area (Å²) in [6, 6.07) is 8.65. The van der Waals surface area contributed by atoms with Crippen LogP contribution < -0.4 is 0 Å². The molecule has 0 unspecified atom stereocenters. The first-order valence-electron chi connectivity index (χ1n) is 4.42. The van der Waals surface area contributed by atoms with Crippen molar-refractivity contribution < 1.29 is 14.3 Å². The molecule has 1 rings (SSSR count). The summed E-state index contributed by atoms with van der Waals surface area (Å²) in [6.07, 6.45) is 0. The number of benzene rings is 1. The number of ketones is 1. The fourth-order valence-corrected chi connectivity index (χ4v) is 0.977. The van der Waals surface area contributed by atoms with Crippen molar-refractivity contribution >= 4 is 11.8 Å². The van der Waals surface area contributed by atoms with Crippen LogP contribution in [-0.4, -0.2) is 18.4 Å². The molecule has 0 aliphatic carbocycles. The number of esters is 1. The van der Waals surface area contributed by atoms with E-state index in [9.17, 15) is 9.59 Å². The van der Waals surface area contributed by atoms with Gasteiger partial charge in [0.15, 0.2) is 12.4 Å². The molecule has 3 nitrogen and oxygen atoms in total. The predicted octanol–water partition coefficient (Wildman–Crippen LogP) is 1.44. The van der Waals surface area contributed by atoms with E-state index in [-0.39, 0.29) is 12.4 Å². The normalized spacial score (nSPS) is 8.60.